The van der Waals surface area contributed by atoms with Gasteiger partial charge in [-0.25, -0.2) is 0 Å². The quantitative estimate of drug-likeness (QED) is 0.782. The zero-order valence-electron chi connectivity index (χ0n) is 9.60. The molecule has 2 aromatic rings. The van der Waals surface area contributed by atoms with Crippen molar-refractivity contribution >= 4 is 33.6 Å². The molecule has 1 N–H and O–H groups in total. The molecule has 1 aliphatic carbocycles. The maximum absolute atomic E-state index is 8.97. The van der Waals surface area contributed by atoms with Crippen molar-refractivity contribution in [3.05, 3.63) is 53.8 Å². The third kappa shape index (κ3) is 1.77. The summed E-state index contributed by atoms with van der Waals surface area (Å²) in [6.45, 7) is 0. The average Bonchev–Trinajstić information content (AvgIpc) is 2.82. The molecule has 3 rings (SSSR count). The van der Waals surface area contributed by atoms with Gasteiger partial charge in [0.2, 0.25) is 0 Å². The fourth-order valence-corrected chi connectivity index (χ4v) is 2.38. The van der Waals surface area contributed by atoms with E-state index < -0.39 is 0 Å². The number of benzene rings is 1. The number of hydrogen-bond donors (Lipinski definition) is 1. The summed E-state index contributed by atoms with van der Waals surface area (Å²) in [6.07, 6.45) is 4.39. The van der Waals surface area contributed by atoms with Crippen molar-refractivity contribution in [1.29, 1.82) is 5.26 Å². The fraction of sp³-hybridized carbons (Fsp3) is 0.0667. The van der Waals surface area contributed by atoms with Gasteiger partial charge in [-0.1, -0.05) is 36.5 Å². The summed E-state index contributed by atoms with van der Waals surface area (Å²) in [7, 11) is 0. The van der Waals surface area contributed by atoms with Crippen LogP contribution in [0.2, 0.25) is 0 Å². The van der Waals surface area contributed by atoms with Crippen LogP contribution in [0, 0.1) is 11.3 Å². The number of aromatic nitrogens is 1. The van der Waals surface area contributed by atoms with Crippen molar-refractivity contribution in [1.82, 2.24) is 4.98 Å². The van der Waals surface area contributed by atoms with Crippen LogP contribution in [0.15, 0.2) is 48.1 Å². The van der Waals surface area contributed by atoms with Gasteiger partial charge in [0.15, 0.2) is 0 Å². The van der Waals surface area contributed by atoms with E-state index in [2.05, 4.69) is 23.2 Å². The van der Waals surface area contributed by atoms with Gasteiger partial charge in [0.25, 0.3) is 0 Å². The lowest BCUT2D eigenvalue weighted by Gasteiger charge is -2.10. The highest BCUT2D eigenvalue weighted by Crippen LogP contribution is 2.27. The molecule has 1 aliphatic rings. The summed E-state index contributed by atoms with van der Waals surface area (Å²) in [5.74, 6) is 0. The first kappa shape index (κ1) is 10.9. The highest BCUT2D eigenvalue weighted by molar-refractivity contribution is 7.81. The summed E-state index contributed by atoms with van der Waals surface area (Å²) in [4.78, 5) is 4.22. The molecule has 1 heterocycles. The second kappa shape index (κ2) is 4.25. The summed E-state index contributed by atoms with van der Waals surface area (Å²) >= 11 is 5.37. The minimum absolute atomic E-state index is 0.666. The number of aromatic amines is 1. The molecule has 0 atom stereocenters. The predicted molar refractivity (Wildman–Crippen MR) is 77.2 cm³/mol. The summed E-state index contributed by atoms with van der Waals surface area (Å²) in [5.41, 5.74) is 3.71. The maximum Gasteiger partial charge on any atom is 0.0988 e. The minimum atomic E-state index is 0.666. The van der Waals surface area contributed by atoms with E-state index in [1.807, 2.05) is 30.4 Å². The number of rotatable bonds is 1. The molecule has 3 heteroatoms. The molecular formula is C15H10N2S. The van der Waals surface area contributed by atoms with Gasteiger partial charge in [0, 0.05) is 39.0 Å². The number of para-hydroxylation sites is 1. The largest absolute Gasteiger partial charge is 0.354 e. The molecule has 0 saturated carbocycles. The van der Waals surface area contributed by atoms with Crippen LogP contribution in [0.3, 0.4) is 0 Å². The number of H-pyrrole nitrogens is 1. The van der Waals surface area contributed by atoms with Crippen molar-refractivity contribution in [3.8, 4) is 6.07 Å². The average molecular weight is 250 g/mol. The van der Waals surface area contributed by atoms with E-state index in [0.717, 1.165) is 27.0 Å². The van der Waals surface area contributed by atoms with E-state index in [-0.39, 0.29) is 0 Å². The summed E-state index contributed by atoms with van der Waals surface area (Å²) in [5, 5.41) is 10.1. The van der Waals surface area contributed by atoms with Crippen LogP contribution < -0.4 is 0 Å². The highest BCUT2D eigenvalue weighted by Gasteiger charge is 2.14. The molecule has 2 nitrogen and oxygen atoms in total. The molecule has 18 heavy (non-hydrogen) atoms. The standard InChI is InChI=1S/C15H10N2S/c16-9-10-5-6-15(18)12(7-10)14-8-11-3-1-2-4-13(11)17-14/h1-5,7-8,17H,6H2. The molecule has 86 valence electrons. The lowest BCUT2D eigenvalue weighted by atomic mass is 9.97. The highest BCUT2D eigenvalue weighted by atomic mass is 32.1. The monoisotopic (exact) mass is 250 g/mol. The van der Waals surface area contributed by atoms with Crippen LogP contribution in [0.25, 0.3) is 16.5 Å². The third-order valence-electron chi connectivity index (χ3n) is 3.06. The Morgan fingerprint density at radius 1 is 1.28 bits per heavy atom. The van der Waals surface area contributed by atoms with E-state index in [0.29, 0.717) is 12.0 Å². The maximum atomic E-state index is 8.97. The lowest BCUT2D eigenvalue weighted by Crippen LogP contribution is -2.03. The molecule has 0 radical (unpaired) electrons. The first-order valence-electron chi connectivity index (χ1n) is 5.71. The van der Waals surface area contributed by atoms with E-state index in [4.69, 9.17) is 17.5 Å². The smallest absolute Gasteiger partial charge is 0.0988 e. The second-order valence-electron chi connectivity index (χ2n) is 4.23. The Bertz CT molecular complexity index is 708. The Morgan fingerprint density at radius 2 is 2.11 bits per heavy atom. The number of nitriles is 1. The number of hydrogen-bond acceptors (Lipinski definition) is 2. The van der Waals surface area contributed by atoms with Gasteiger partial charge in [-0.05, 0) is 18.2 Å². The Morgan fingerprint density at radius 3 is 2.89 bits per heavy atom. The van der Waals surface area contributed by atoms with Crippen molar-refractivity contribution in [3.63, 3.8) is 0 Å². The molecule has 0 saturated heterocycles. The van der Waals surface area contributed by atoms with E-state index >= 15 is 0 Å². The number of nitrogens with one attached hydrogen (secondary N) is 1. The van der Waals surface area contributed by atoms with Gasteiger partial charge in [-0.2, -0.15) is 5.26 Å². The number of fused-ring (bicyclic) bond motifs is 1. The number of allylic oxidation sites excluding steroid dienone is 4. The lowest BCUT2D eigenvalue weighted by molar-refractivity contribution is 1.37. The van der Waals surface area contributed by atoms with Gasteiger partial charge < -0.3 is 4.98 Å². The van der Waals surface area contributed by atoms with Crippen LogP contribution in [0.4, 0.5) is 0 Å². The normalized spacial score (nSPS) is 15.2. The molecule has 0 amide bonds. The SMILES string of the molecule is N#CC1=CCC(=S)C(c2cc3ccccc3[nH]2)=C1. The van der Waals surface area contributed by atoms with Gasteiger partial charge in [0.1, 0.15) is 0 Å². The summed E-state index contributed by atoms with van der Waals surface area (Å²) in [6, 6.07) is 12.3. The van der Waals surface area contributed by atoms with Crippen molar-refractivity contribution < 1.29 is 0 Å². The predicted octanol–water partition coefficient (Wildman–Crippen LogP) is 3.77. The van der Waals surface area contributed by atoms with Crippen LogP contribution in [0.5, 0.6) is 0 Å². The van der Waals surface area contributed by atoms with Crippen molar-refractivity contribution in [2.24, 2.45) is 0 Å². The zero-order valence-corrected chi connectivity index (χ0v) is 10.4. The van der Waals surface area contributed by atoms with Crippen LogP contribution in [-0.4, -0.2) is 9.85 Å². The van der Waals surface area contributed by atoms with Gasteiger partial charge in [-0.15, -0.1) is 0 Å². The van der Waals surface area contributed by atoms with E-state index in [9.17, 15) is 0 Å². The molecule has 0 unspecified atom stereocenters. The van der Waals surface area contributed by atoms with E-state index in [1.54, 1.807) is 0 Å². The minimum Gasteiger partial charge on any atom is -0.354 e. The van der Waals surface area contributed by atoms with Gasteiger partial charge in [0.05, 0.1) is 6.07 Å². The Labute approximate surface area is 110 Å². The van der Waals surface area contributed by atoms with Crippen molar-refractivity contribution in [2.75, 3.05) is 0 Å². The number of thiocarbonyl (C=S) groups is 1. The van der Waals surface area contributed by atoms with Gasteiger partial charge in [-0.3, -0.25) is 0 Å². The Balaban J connectivity index is 2.14. The molecule has 0 fully saturated rings. The van der Waals surface area contributed by atoms with Crippen LogP contribution in [0.1, 0.15) is 12.1 Å². The number of nitrogens with zero attached hydrogens (tertiary/aromatic N) is 1. The second-order valence-corrected chi connectivity index (χ2v) is 4.72. The first-order valence-corrected chi connectivity index (χ1v) is 6.12. The molecular weight excluding hydrogens is 240 g/mol. The van der Waals surface area contributed by atoms with Crippen molar-refractivity contribution in [2.45, 2.75) is 6.42 Å². The summed E-state index contributed by atoms with van der Waals surface area (Å²) < 4.78 is 0. The molecule has 0 aliphatic heterocycles. The Kier molecular flexibility index (Phi) is 2.58. The van der Waals surface area contributed by atoms with Crippen LogP contribution in [-0.2, 0) is 0 Å². The Hall–Kier alpha value is -2.18. The zero-order chi connectivity index (χ0) is 12.5. The molecule has 1 aromatic carbocycles. The third-order valence-corrected chi connectivity index (χ3v) is 3.44. The van der Waals surface area contributed by atoms with Crippen LogP contribution >= 0.6 is 12.2 Å². The van der Waals surface area contributed by atoms with Gasteiger partial charge >= 0.3 is 0 Å². The molecule has 1 aromatic heterocycles. The fourth-order valence-electron chi connectivity index (χ4n) is 2.13. The topological polar surface area (TPSA) is 39.6 Å². The molecule has 0 bridgehead atoms. The molecule has 0 spiro atoms. The van der Waals surface area contributed by atoms with E-state index in [1.165, 1.54) is 0 Å². The first-order chi connectivity index (χ1) is 8.78.